The van der Waals surface area contributed by atoms with Crippen molar-refractivity contribution in [3.05, 3.63) is 81.1 Å². The normalized spacial score (nSPS) is 12.7. The number of thioether (sulfide) groups is 1. The Morgan fingerprint density at radius 1 is 1.07 bits per heavy atom. The smallest absolute Gasteiger partial charge is 0.366 e. The van der Waals surface area contributed by atoms with Gasteiger partial charge in [0.05, 0.1) is 16.1 Å². The number of anilines is 1. The number of hydrogen-bond donors (Lipinski definition) is 1. The minimum absolute atomic E-state index is 0.0185. The molecule has 0 unspecified atom stereocenters. The lowest BCUT2D eigenvalue weighted by Crippen LogP contribution is -2.41. The third-order valence-electron chi connectivity index (χ3n) is 5.99. The SMILES string of the molecule is CSC[C@H](C)N(C(=O)c1c(Cl)cccc1C(N)=O)c1ccc(C(=O)Cn2nc(C(F)(F)F)cc2C(F)(F)F)cc1C. The molecule has 2 N–H and O–H groups in total. The first-order chi connectivity index (χ1) is 19.0. The van der Waals surface area contributed by atoms with Crippen molar-refractivity contribution >= 4 is 46.6 Å². The Morgan fingerprint density at radius 2 is 1.73 bits per heavy atom. The van der Waals surface area contributed by atoms with Gasteiger partial charge in [-0.15, -0.1) is 0 Å². The van der Waals surface area contributed by atoms with E-state index in [1.165, 1.54) is 60.0 Å². The molecule has 0 fully saturated rings. The molecule has 220 valence electrons. The third kappa shape index (κ3) is 7.04. The Balaban J connectivity index is 2.03. The molecule has 0 radical (unpaired) electrons. The summed E-state index contributed by atoms with van der Waals surface area (Å²) in [4.78, 5) is 40.0. The average Bonchev–Trinajstić information content (AvgIpc) is 3.30. The Hall–Kier alpha value is -3.52. The van der Waals surface area contributed by atoms with Crippen LogP contribution in [0, 0.1) is 6.92 Å². The predicted molar refractivity (Wildman–Crippen MR) is 142 cm³/mol. The van der Waals surface area contributed by atoms with Gasteiger partial charge in [0.15, 0.2) is 11.5 Å². The number of nitrogens with zero attached hydrogens (tertiary/aromatic N) is 3. The van der Waals surface area contributed by atoms with Crippen molar-refractivity contribution in [1.29, 1.82) is 0 Å². The maximum absolute atomic E-state index is 13.8. The fourth-order valence-corrected chi connectivity index (χ4v) is 5.05. The first-order valence-corrected chi connectivity index (χ1v) is 13.5. The van der Waals surface area contributed by atoms with Crippen LogP contribution in [0.15, 0.2) is 42.5 Å². The van der Waals surface area contributed by atoms with Gasteiger partial charge in [-0.05, 0) is 56.0 Å². The third-order valence-corrected chi connectivity index (χ3v) is 7.12. The Labute approximate surface area is 239 Å². The van der Waals surface area contributed by atoms with Crippen LogP contribution in [0.25, 0.3) is 0 Å². The fraction of sp³-hybridized carbons (Fsp3) is 0.308. The van der Waals surface area contributed by atoms with E-state index in [4.69, 9.17) is 17.3 Å². The molecule has 2 amide bonds. The highest BCUT2D eigenvalue weighted by atomic mass is 35.5. The van der Waals surface area contributed by atoms with Gasteiger partial charge in [-0.1, -0.05) is 17.7 Å². The largest absolute Gasteiger partial charge is 0.435 e. The molecular formula is C26H23ClF6N4O3S. The number of amides is 2. The van der Waals surface area contributed by atoms with Gasteiger partial charge in [0.25, 0.3) is 5.91 Å². The van der Waals surface area contributed by atoms with Crippen molar-refractivity contribution in [1.82, 2.24) is 9.78 Å². The molecule has 0 aliphatic carbocycles. The van der Waals surface area contributed by atoms with E-state index >= 15 is 0 Å². The van der Waals surface area contributed by atoms with Crippen molar-refractivity contribution in [3.8, 4) is 0 Å². The summed E-state index contributed by atoms with van der Waals surface area (Å²) in [5.41, 5.74) is 2.24. The maximum Gasteiger partial charge on any atom is 0.435 e. The van der Waals surface area contributed by atoms with Crippen LogP contribution in [-0.2, 0) is 18.9 Å². The standard InChI is InChI=1S/C26H23ClF6N4O3S/c1-13-9-15(19(38)11-36-21(26(31,32)33)10-20(35-36)25(28,29)30)7-8-18(13)37(14(2)12-41-3)24(40)22-16(23(34)39)5-4-6-17(22)27/h4-10,14H,11-12H2,1-3H3,(H2,34,39)/t14-/m0/s1. The summed E-state index contributed by atoms with van der Waals surface area (Å²) in [6.07, 6.45) is -8.52. The molecule has 3 rings (SSSR count). The van der Waals surface area contributed by atoms with Crippen LogP contribution >= 0.6 is 23.4 Å². The van der Waals surface area contributed by atoms with Gasteiger partial charge in [0.2, 0.25) is 5.91 Å². The topological polar surface area (TPSA) is 98.3 Å². The molecule has 0 aliphatic heterocycles. The Bertz CT molecular complexity index is 1490. The van der Waals surface area contributed by atoms with Crippen LogP contribution in [0.3, 0.4) is 0 Å². The number of alkyl halides is 6. The minimum atomic E-state index is -5.19. The van der Waals surface area contributed by atoms with Crippen LogP contribution in [-0.4, -0.2) is 45.4 Å². The number of primary amides is 1. The molecule has 1 atom stereocenters. The summed E-state index contributed by atoms with van der Waals surface area (Å²) < 4.78 is 79.1. The van der Waals surface area contributed by atoms with Crippen LogP contribution in [0.5, 0.6) is 0 Å². The summed E-state index contributed by atoms with van der Waals surface area (Å²) in [6.45, 7) is 2.16. The van der Waals surface area contributed by atoms with E-state index in [1.54, 1.807) is 6.92 Å². The van der Waals surface area contributed by atoms with Crippen molar-refractivity contribution in [3.63, 3.8) is 0 Å². The lowest BCUT2D eigenvalue weighted by atomic mass is 10.0. The lowest BCUT2D eigenvalue weighted by molar-refractivity contribution is -0.144. The van der Waals surface area contributed by atoms with Gasteiger partial charge < -0.3 is 10.6 Å². The second kappa shape index (κ2) is 12.1. The molecule has 1 aromatic heterocycles. The summed E-state index contributed by atoms with van der Waals surface area (Å²) in [5, 5.41) is 2.94. The molecule has 1 heterocycles. The first kappa shape index (κ1) is 32.0. The van der Waals surface area contributed by atoms with Gasteiger partial charge in [-0.3, -0.25) is 19.1 Å². The van der Waals surface area contributed by atoms with Crippen molar-refractivity contribution < 1.29 is 40.7 Å². The van der Waals surface area contributed by atoms with Gasteiger partial charge in [-0.25, -0.2) is 0 Å². The highest BCUT2D eigenvalue weighted by molar-refractivity contribution is 7.98. The number of ketones is 1. The van der Waals surface area contributed by atoms with Gasteiger partial charge in [0.1, 0.15) is 12.2 Å². The van der Waals surface area contributed by atoms with Crippen molar-refractivity contribution in [2.24, 2.45) is 5.73 Å². The number of hydrogen-bond acceptors (Lipinski definition) is 5. The minimum Gasteiger partial charge on any atom is -0.366 e. The van der Waals surface area contributed by atoms with Gasteiger partial charge in [-0.2, -0.15) is 43.2 Å². The van der Waals surface area contributed by atoms with E-state index < -0.39 is 53.9 Å². The van der Waals surface area contributed by atoms with E-state index in [9.17, 15) is 40.7 Å². The quantitative estimate of drug-likeness (QED) is 0.225. The number of halogens is 7. The fourth-order valence-electron chi connectivity index (χ4n) is 4.16. The molecule has 41 heavy (non-hydrogen) atoms. The molecule has 0 saturated heterocycles. The van der Waals surface area contributed by atoms with E-state index in [0.29, 0.717) is 17.0 Å². The average molecular weight is 621 g/mol. The number of carbonyl (C=O) groups is 3. The summed E-state index contributed by atoms with van der Waals surface area (Å²) >= 11 is 7.70. The van der Waals surface area contributed by atoms with Crippen LogP contribution in [0.2, 0.25) is 5.02 Å². The van der Waals surface area contributed by atoms with E-state index in [2.05, 4.69) is 5.10 Å². The zero-order chi connectivity index (χ0) is 30.9. The van der Waals surface area contributed by atoms with E-state index in [0.717, 1.165) is 0 Å². The molecule has 15 heteroatoms. The number of benzene rings is 2. The zero-order valence-electron chi connectivity index (χ0n) is 21.7. The molecule has 7 nitrogen and oxygen atoms in total. The second-order valence-corrected chi connectivity index (χ2v) is 10.3. The molecule has 0 spiro atoms. The summed E-state index contributed by atoms with van der Waals surface area (Å²) in [7, 11) is 0. The van der Waals surface area contributed by atoms with E-state index in [-0.39, 0.29) is 32.5 Å². The van der Waals surface area contributed by atoms with Crippen molar-refractivity contribution in [2.75, 3.05) is 16.9 Å². The number of rotatable bonds is 9. The number of nitrogens with two attached hydrogens (primary N) is 1. The second-order valence-electron chi connectivity index (χ2n) is 9.00. The predicted octanol–water partition coefficient (Wildman–Crippen LogP) is 6.26. The maximum atomic E-state index is 13.8. The number of aryl methyl sites for hydroxylation is 1. The Kier molecular flexibility index (Phi) is 9.48. The van der Waals surface area contributed by atoms with Gasteiger partial charge in [0, 0.05) is 29.1 Å². The lowest BCUT2D eigenvalue weighted by Gasteiger charge is -2.31. The summed E-state index contributed by atoms with van der Waals surface area (Å²) in [5.74, 6) is -2.03. The molecular weight excluding hydrogens is 598 g/mol. The van der Waals surface area contributed by atoms with Gasteiger partial charge >= 0.3 is 12.4 Å². The van der Waals surface area contributed by atoms with E-state index in [1.807, 2.05) is 6.26 Å². The highest BCUT2D eigenvalue weighted by Gasteiger charge is 2.42. The molecule has 2 aromatic carbocycles. The summed E-state index contributed by atoms with van der Waals surface area (Å²) in [6, 6.07) is 7.52. The molecule has 0 bridgehead atoms. The first-order valence-electron chi connectivity index (χ1n) is 11.7. The number of carbonyl (C=O) groups excluding carboxylic acids is 3. The van der Waals surface area contributed by atoms with Crippen LogP contribution in [0.1, 0.15) is 54.9 Å². The molecule has 0 aliphatic rings. The molecule has 3 aromatic rings. The zero-order valence-corrected chi connectivity index (χ0v) is 23.3. The molecule has 0 saturated carbocycles. The highest BCUT2D eigenvalue weighted by Crippen LogP contribution is 2.35. The van der Waals surface area contributed by atoms with Crippen LogP contribution in [0.4, 0.5) is 32.0 Å². The Morgan fingerprint density at radius 3 is 2.27 bits per heavy atom. The monoisotopic (exact) mass is 620 g/mol. The van der Waals surface area contributed by atoms with Crippen molar-refractivity contribution in [2.45, 2.75) is 38.8 Å². The van der Waals surface area contributed by atoms with Crippen LogP contribution < -0.4 is 10.6 Å². The number of Topliss-reactive ketones (excluding diaryl/α,β-unsaturated/α-hetero) is 1. The number of aromatic nitrogens is 2.